The summed E-state index contributed by atoms with van der Waals surface area (Å²) in [4.78, 5) is 11.9. The molecule has 5 nitrogen and oxygen atoms in total. The monoisotopic (exact) mass is 261 g/mol. The molecule has 0 fully saturated rings. The number of amides is 1. The van der Waals surface area contributed by atoms with Crippen LogP contribution in [0, 0.1) is 11.3 Å². The lowest BCUT2D eigenvalue weighted by Crippen LogP contribution is -2.46. The summed E-state index contributed by atoms with van der Waals surface area (Å²) in [5, 5.41) is 20.6. The van der Waals surface area contributed by atoms with E-state index in [0.29, 0.717) is 12.8 Å². The van der Waals surface area contributed by atoms with Crippen molar-refractivity contribution in [1.29, 1.82) is 5.26 Å². The molecule has 0 aliphatic heterocycles. The maximum absolute atomic E-state index is 11.9. The normalized spacial score (nSPS) is 13.3. The molecule has 2 atom stereocenters. The first kappa shape index (κ1) is 15.0. The van der Waals surface area contributed by atoms with Crippen molar-refractivity contribution in [3.8, 4) is 11.8 Å². The van der Waals surface area contributed by atoms with Gasteiger partial charge in [-0.2, -0.15) is 5.26 Å². The third-order valence-corrected chi connectivity index (χ3v) is 2.91. The molecule has 0 aliphatic rings. The highest BCUT2D eigenvalue weighted by molar-refractivity contribution is 5.82. The molecule has 1 aromatic rings. The average molecular weight is 261 g/mol. The Kier molecular flexibility index (Phi) is 5.83. The Morgan fingerprint density at radius 2 is 2.11 bits per heavy atom. The van der Waals surface area contributed by atoms with Crippen LogP contribution in [0.25, 0.3) is 0 Å². The Hall–Kier alpha value is -2.06. The van der Waals surface area contributed by atoms with Gasteiger partial charge in [-0.05, 0) is 30.5 Å². The number of carbonyl (C=O) groups is 1. The van der Waals surface area contributed by atoms with Crippen molar-refractivity contribution in [3.63, 3.8) is 0 Å². The highest BCUT2D eigenvalue weighted by Gasteiger charge is 2.17. The summed E-state index contributed by atoms with van der Waals surface area (Å²) in [6.45, 7) is 1.91. The summed E-state index contributed by atoms with van der Waals surface area (Å²) in [6.07, 6.45) is 1.38. The molecule has 1 unspecified atom stereocenters. The zero-order valence-electron chi connectivity index (χ0n) is 11.0. The molecule has 19 heavy (non-hydrogen) atoms. The first-order valence-electron chi connectivity index (χ1n) is 6.27. The molecule has 0 saturated carbocycles. The van der Waals surface area contributed by atoms with Crippen LogP contribution < -0.4 is 11.1 Å². The van der Waals surface area contributed by atoms with Crippen molar-refractivity contribution >= 4 is 5.91 Å². The van der Waals surface area contributed by atoms with E-state index in [-0.39, 0.29) is 24.1 Å². The molecule has 1 rings (SSSR count). The quantitative estimate of drug-likeness (QED) is 0.713. The van der Waals surface area contributed by atoms with Crippen LogP contribution in [0.2, 0.25) is 0 Å². The van der Waals surface area contributed by atoms with Gasteiger partial charge in [0.15, 0.2) is 0 Å². The lowest BCUT2D eigenvalue weighted by atomic mass is 10.0. The van der Waals surface area contributed by atoms with E-state index in [0.717, 1.165) is 5.56 Å². The van der Waals surface area contributed by atoms with Gasteiger partial charge in [-0.3, -0.25) is 4.79 Å². The van der Waals surface area contributed by atoms with Crippen LogP contribution in [0.1, 0.15) is 25.3 Å². The lowest BCUT2D eigenvalue weighted by molar-refractivity contribution is -0.123. The van der Waals surface area contributed by atoms with Crippen molar-refractivity contribution in [3.05, 3.63) is 29.8 Å². The topological polar surface area (TPSA) is 99.1 Å². The second-order valence-electron chi connectivity index (χ2n) is 4.45. The fourth-order valence-corrected chi connectivity index (χ4v) is 1.69. The average Bonchev–Trinajstić information content (AvgIpc) is 2.40. The number of benzene rings is 1. The molecule has 5 heteroatoms. The molecule has 0 heterocycles. The van der Waals surface area contributed by atoms with Gasteiger partial charge in [-0.15, -0.1) is 0 Å². The third kappa shape index (κ3) is 4.98. The molecule has 0 radical (unpaired) electrons. The van der Waals surface area contributed by atoms with E-state index in [9.17, 15) is 4.79 Å². The van der Waals surface area contributed by atoms with Gasteiger partial charge in [-0.25, -0.2) is 0 Å². The van der Waals surface area contributed by atoms with Crippen molar-refractivity contribution in [2.24, 2.45) is 5.73 Å². The second kappa shape index (κ2) is 7.39. The Bertz CT molecular complexity index is 451. The SMILES string of the molecule is CCC(CC#N)NC(=O)[C@@H](N)Cc1ccc(O)cc1. The van der Waals surface area contributed by atoms with E-state index in [1.54, 1.807) is 24.3 Å². The van der Waals surface area contributed by atoms with Gasteiger partial charge in [0.2, 0.25) is 5.91 Å². The fourth-order valence-electron chi connectivity index (χ4n) is 1.69. The predicted molar refractivity (Wildman–Crippen MR) is 72.2 cm³/mol. The predicted octanol–water partition coefficient (Wildman–Crippen LogP) is 1.07. The number of aromatic hydroxyl groups is 1. The molecular formula is C14H19N3O2. The number of nitriles is 1. The first-order chi connectivity index (χ1) is 9.06. The van der Waals surface area contributed by atoms with Gasteiger partial charge in [0.05, 0.1) is 18.5 Å². The van der Waals surface area contributed by atoms with Gasteiger partial charge < -0.3 is 16.2 Å². The molecule has 102 valence electrons. The Balaban J connectivity index is 2.53. The largest absolute Gasteiger partial charge is 0.508 e. The number of hydrogen-bond donors (Lipinski definition) is 3. The smallest absolute Gasteiger partial charge is 0.237 e. The zero-order valence-corrected chi connectivity index (χ0v) is 11.0. The second-order valence-corrected chi connectivity index (χ2v) is 4.45. The van der Waals surface area contributed by atoms with Crippen LogP contribution in [0.4, 0.5) is 0 Å². The Morgan fingerprint density at radius 3 is 2.63 bits per heavy atom. The molecule has 4 N–H and O–H groups in total. The molecule has 0 spiro atoms. The van der Waals surface area contributed by atoms with Crippen LogP contribution in [-0.2, 0) is 11.2 Å². The van der Waals surface area contributed by atoms with Gasteiger partial charge in [-0.1, -0.05) is 19.1 Å². The summed E-state index contributed by atoms with van der Waals surface area (Å²) in [5.74, 6) is -0.0722. The number of hydrogen-bond acceptors (Lipinski definition) is 4. The van der Waals surface area contributed by atoms with Crippen molar-refractivity contribution in [2.45, 2.75) is 38.3 Å². The number of phenolic OH excluding ortho intramolecular Hbond substituents is 1. The molecule has 0 aromatic heterocycles. The van der Waals surface area contributed by atoms with E-state index >= 15 is 0 Å². The highest BCUT2D eigenvalue weighted by Crippen LogP contribution is 2.11. The number of carbonyl (C=O) groups excluding carboxylic acids is 1. The van der Waals surface area contributed by atoms with Crippen LogP contribution in [0.15, 0.2) is 24.3 Å². The zero-order chi connectivity index (χ0) is 14.3. The Morgan fingerprint density at radius 1 is 1.47 bits per heavy atom. The number of nitrogens with one attached hydrogen (secondary N) is 1. The molecule has 0 bridgehead atoms. The molecular weight excluding hydrogens is 242 g/mol. The minimum atomic E-state index is -0.655. The minimum absolute atomic E-state index is 0.150. The molecule has 1 aromatic carbocycles. The Labute approximate surface area is 113 Å². The molecule has 1 amide bonds. The lowest BCUT2D eigenvalue weighted by Gasteiger charge is -2.17. The van der Waals surface area contributed by atoms with Gasteiger partial charge in [0, 0.05) is 6.04 Å². The van der Waals surface area contributed by atoms with Gasteiger partial charge in [0.1, 0.15) is 5.75 Å². The number of nitrogens with two attached hydrogens (primary N) is 1. The number of rotatable bonds is 6. The summed E-state index contributed by atoms with van der Waals surface area (Å²) >= 11 is 0. The highest BCUT2D eigenvalue weighted by atomic mass is 16.3. The summed E-state index contributed by atoms with van der Waals surface area (Å²) < 4.78 is 0. The molecule has 0 saturated heterocycles. The van der Waals surface area contributed by atoms with E-state index in [1.807, 2.05) is 13.0 Å². The summed E-state index contributed by atoms with van der Waals surface area (Å²) in [7, 11) is 0. The van der Waals surface area contributed by atoms with Crippen molar-refractivity contribution in [2.75, 3.05) is 0 Å². The third-order valence-electron chi connectivity index (χ3n) is 2.91. The van der Waals surface area contributed by atoms with Gasteiger partial charge in [0.25, 0.3) is 0 Å². The first-order valence-corrected chi connectivity index (χ1v) is 6.27. The fraction of sp³-hybridized carbons (Fsp3) is 0.429. The maximum Gasteiger partial charge on any atom is 0.237 e. The van der Waals surface area contributed by atoms with Crippen LogP contribution in [0.3, 0.4) is 0 Å². The van der Waals surface area contributed by atoms with Gasteiger partial charge >= 0.3 is 0 Å². The van der Waals surface area contributed by atoms with Crippen molar-refractivity contribution < 1.29 is 9.90 Å². The van der Waals surface area contributed by atoms with E-state index in [2.05, 4.69) is 5.32 Å². The standard InChI is InChI=1S/C14H19N3O2/c1-2-11(7-8-15)17-14(19)13(16)9-10-3-5-12(18)6-4-10/h3-6,11,13,18H,2,7,9,16H2,1H3,(H,17,19)/t11?,13-/m0/s1. The van der Waals surface area contributed by atoms with Crippen molar-refractivity contribution in [1.82, 2.24) is 5.32 Å². The maximum atomic E-state index is 11.9. The van der Waals surface area contributed by atoms with Crippen LogP contribution >= 0.6 is 0 Å². The minimum Gasteiger partial charge on any atom is -0.508 e. The summed E-state index contributed by atoms with van der Waals surface area (Å²) in [5.41, 5.74) is 6.71. The summed E-state index contributed by atoms with van der Waals surface area (Å²) in [6, 6.07) is 7.81. The van der Waals surface area contributed by atoms with E-state index < -0.39 is 6.04 Å². The van der Waals surface area contributed by atoms with Crippen LogP contribution in [-0.4, -0.2) is 23.1 Å². The number of nitrogens with zero attached hydrogens (tertiary/aromatic N) is 1. The van der Waals surface area contributed by atoms with E-state index in [1.165, 1.54) is 0 Å². The van der Waals surface area contributed by atoms with E-state index in [4.69, 9.17) is 16.1 Å². The van der Waals surface area contributed by atoms with Crippen LogP contribution in [0.5, 0.6) is 5.75 Å². The molecule has 0 aliphatic carbocycles. The number of phenols is 1.